The van der Waals surface area contributed by atoms with Crippen LogP contribution in [-0.4, -0.2) is 39.9 Å². The second-order valence-electron chi connectivity index (χ2n) is 7.25. The summed E-state index contributed by atoms with van der Waals surface area (Å²) in [5, 5.41) is 2.74. The lowest BCUT2D eigenvalue weighted by Crippen LogP contribution is -2.42. The van der Waals surface area contributed by atoms with E-state index < -0.39 is 17.7 Å². The molecule has 7 heteroatoms. The molecule has 1 N–H and O–H groups in total. The molecule has 0 fully saturated rings. The Kier molecular flexibility index (Phi) is 4.94. The van der Waals surface area contributed by atoms with E-state index in [0.29, 0.717) is 16.7 Å². The van der Waals surface area contributed by atoms with Gasteiger partial charge in [0.1, 0.15) is 5.60 Å². The number of hydrogen-bond donors (Lipinski definition) is 1. The Bertz CT molecular complexity index is 839. The number of pyridine rings is 1. The molecule has 7 nitrogen and oxygen atoms in total. The van der Waals surface area contributed by atoms with Gasteiger partial charge in [-0.2, -0.15) is 0 Å². The molecular weight excluding hydrogens is 346 g/mol. The van der Waals surface area contributed by atoms with Crippen molar-refractivity contribution in [3.8, 4) is 0 Å². The fourth-order valence-corrected chi connectivity index (χ4v) is 2.85. The van der Waals surface area contributed by atoms with E-state index in [4.69, 9.17) is 4.74 Å². The Morgan fingerprint density at radius 3 is 2.26 bits per heavy atom. The average Bonchev–Trinajstić information content (AvgIpc) is 2.85. The number of carbonyl (C=O) groups excluding carboxylic acids is 3. The molecule has 0 bridgehead atoms. The predicted molar refractivity (Wildman–Crippen MR) is 98.2 cm³/mol. The van der Waals surface area contributed by atoms with Crippen LogP contribution in [0.4, 0.5) is 4.79 Å². The van der Waals surface area contributed by atoms with E-state index in [9.17, 15) is 14.4 Å². The van der Waals surface area contributed by atoms with Gasteiger partial charge in [-0.05, 0) is 44.5 Å². The van der Waals surface area contributed by atoms with Crippen LogP contribution in [0.2, 0.25) is 0 Å². The zero-order chi connectivity index (χ0) is 19.6. The number of carbonyl (C=O) groups is 3. The minimum absolute atomic E-state index is 0.0166. The van der Waals surface area contributed by atoms with Crippen molar-refractivity contribution in [1.82, 2.24) is 15.2 Å². The van der Waals surface area contributed by atoms with Crippen LogP contribution in [0.25, 0.3) is 0 Å². The molecule has 2 heterocycles. The lowest BCUT2D eigenvalue weighted by molar-refractivity contribution is 0.0467. The molecule has 27 heavy (non-hydrogen) atoms. The molecule has 0 aliphatic carbocycles. The smallest absolute Gasteiger partial charge is 0.408 e. The molecule has 140 valence electrons. The van der Waals surface area contributed by atoms with Crippen LogP contribution in [0.1, 0.15) is 53.1 Å². The number of aromatic nitrogens is 1. The summed E-state index contributed by atoms with van der Waals surface area (Å²) in [5.74, 6) is -0.758. The van der Waals surface area contributed by atoms with E-state index in [0.717, 1.165) is 4.90 Å². The summed E-state index contributed by atoms with van der Waals surface area (Å²) in [4.78, 5) is 42.7. The Balaban J connectivity index is 1.83. The lowest BCUT2D eigenvalue weighted by atomic mass is 10.1. The Labute approximate surface area is 157 Å². The number of ether oxygens (including phenoxy) is 1. The van der Waals surface area contributed by atoms with Crippen molar-refractivity contribution in [3.63, 3.8) is 0 Å². The second-order valence-corrected chi connectivity index (χ2v) is 7.25. The summed E-state index contributed by atoms with van der Waals surface area (Å²) in [6.45, 7) is 5.26. The molecule has 0 spiro atoms. The maximum absolute atomic E-state index is 12.6. The molecule has 1 atom stereocenters. The summed E-state index contributed by atoms with van der Waals surface area (Å²) < 4.78 is 5.31. The zero-order valence-corrected chi connectivity index (χ0v) is 15.4. The van der Waals surface area contributed by atoms with E-state index in [1.165, 1.54) is 0 Å². The van der Waals surface area contributed by atoms with Crippen molar-refractivity contribution in [2.24, 2.45) is 0 Å². The number of imide groups is 1. The van der Waals surface area contributed by atoms with Crippen LogP contribution < -0.4 is 5.32 Å². The maximum atomic E-state index is 12.6. The van der Waals surface area contributed by atoms with Gasteiger partial charge in [0, 0.05) is 12.4 Å². The predicted octanol–water partition coefficient (Wildman–Crippen LogP) is 2.94. The van der Waals surface area contributed by atoms with Gasteiger partial charge in [-0.3, -0.25) is 19.5 Å². The van der Waals surface area contributed by atoms with Crippen LogP contribution in [0.3, 0.4) is 0 Å². The van der Waals surface area contributed by atoms with Gasteiger partial charge in [0.05, 0.1) is 23.7 Å². The Hall–Kier alpha value is -3.22. The van der Waals surface area contributed by atoms with Gasteiger partial charge < -0.3 is 10.1 Å². The minimum atomic E-state index is -0.668. The monoisotopic (exact) mass is 367 g/mol. The number of nitrogens with one attached hydrogen (secondary N) is 1. The summed E-state index contributed by atoms with van der Waals surface area (Å²) in [7, 11) is 0. The zero-order valence-electron chi connectivity index (χ0n) is 15.4. The number of alkyl carbamates (subject to hydrolysis) is 1. The van der Waals surface area contributed by atoms with Gasteiger partial charge in [-0.25, -0.2) is 4.79 Å². The van der Waals surface area contributed by atoms with Crippen LogP contribution in [0, 0.1) is 0 Å². The van der Waals surface area contributed by atoms with Crippen molar-refractivity contribution < 1.29 is 19.1 Å². The van der Waals surface area contributed by atoms with E-state index in [2.05, 4.69) is 10.3 Å². The molecular formula is C20H21N3O4. The lowest BCUT2D eigenvalue weighted by Gasteiger charge is -2.26. The molecule has 0 unspecified atom stereocenters. The fourth-order valence-electron chi connectivity index (χ4n) is 2.85. The van der Waals surface area contributed by atoms with Crippen molar-refractivity contribution in [2.75, 3.05) is 6.54 Å². The summed E-state index contributed by atoms with van der Waals surface area (Å²) in [5.41, 5.74) is 0.730. The first-order valence-corrected chi connectivity index (χ1v) is 8.61. The fraction of sp³-hybridized carbons (Fsp3) is 0.300. The molecule has 3 rings (SSSR count). The maximum Gasteiger partial charge on any atom is 0.408 e. The van der Waals surface area contributed by atoms with Gasteiger partial charge in [-0.15, -0.1) is 0 Å². The number of benzene rings is 1. The first kappa shape index (κ1) is 18.6. The number of fused-ring (bicyclic) bond motifs is 1. The molecule has 0 saturated carbocycles. The van der Waals surface area contributed by atoms with Crippen molar-refractivity contribution in [2.45, 2.75) is 32.4 Å². The highest BCUT2D eigenvalue weighted by atomic mass is 16.6. The Morgan fingerprint density at radius 2 is 1.74 bits per heavy atom. The minimum Gasteiger partial charge on any atom is -0.444 e. The van der Waals surface area contributed by atoms with Crippen molar-refractivity contribution in [3.05, 3.63) is 65.5 Å². The molecule has 1 aliphatic heterocycles. The third kappa shape index (κ3) is 4.13. The SMILES string of the molecule is CC(C)(C)OC(=O)N[C@H](CN1C(=O)c2ccccc2C1=O)c1cccnc1. The van der Waals surface area contributed by atoms with Crippen LogP contribution in [0.15, 0.2) is 48.8 Å². The first-order chi connectivity index (χ1) is 12.8. The average molecular weight is 367 g/mol. The van der Waals surface area contributed by atoms with Crippen molar-refractivity contribution in [1.29, 1.82) is 0 Å². The molecule has 1 aromatic carbocycles. The standard InChI is InChI=1S/C20H21N3O4/c1-20(2,3)27-19(26)22-16(13-7-6-10-21-11-13)12-23-17(24)14-8-4-5-9-15(14)18(23)25/h4-11,16H,12H2,1-3H3,(H,22,26)/t16-/m1/s1. The van der Waals surface area contributed by atoms with Crippen LogP contribution >= 0.6 is 0 Å². The van der Waals surface area contributed by atoms with Crippen LogP contribution in [-0.2, 0) is 4.74 Å². The number of amides is 3. The van der Waals surface area contributed by atoms with E-state index in [1.54, 1.807) is 69.6 Å². The number of rotatable bonds is 4. The normalized spacial score (nSPS) is 14.7. The van der Waals surface area contributed by atoms with Crippen LogP contribution in [0.5, 0.6) is 0 Å². The van der Waals surface area contributed by atoms with E-state index in [1.807, 2.05) is 0 Å². The first-order valence-electron chi connectivity index (χ1n) is 8.61. The van der Waals surface area contributed by atoms with E-state index >= 15 is 0 Å². The highest BCUT2D eigenvalue weighted by Crippen LogP contribution is 2.25. The summed E-state index contributed by atoms with van der Waals surface area (Å²) >= 11 is 0. The Morgan fingerprint density at radius 1 is 1.11 bits per heavy atom. The molecule has 3 amide bonds. The topological polar surface area (TPSA) is 88.6 Å². The molecule has 0 radical (unpaired) electrons. The highest BCUT2D eigenvalue weighted by Gasteiger charge is 2.37. The third-order valence-electron chi connectivity index (χ3n) is 4.02. The summed E-state index contributed by atoms with van der Waals surface area (Å²) in [6.07, 6.45) is 2.56. The third-order valence-corrected chi connectivity index (χ3v) is 4.02. The molecule has 1 aromatic heterocycles. The second kappa shape index (κ2) is 7.19. The van der Waals surface area contributed by atoms with Gasteiger partial charge in [0.15, 0.2) is 0 Å². The van der Waals surface area contributed by atoms with Gasteiger partial charge in [-0.1, -0.05) is 18.2 Å². The molecule has 1 aliphatic rings. The molecule has 2 aromatic rings. The highest BCUT2D eigenvalue weighted by molar-refractivity contribution is 6.21. The van der Waals surface area contributed by atoms with Crippen molar-refractivity contribution >= 4 is 17.9 Å². The quantitative estimate of drug-likeness (QED) is 0.840. The van der Waals surface area contributed by atoms with Gasteiger partial charge in [0.25, 0.3) is 11.8 Å². The number of nitrogens with zero attached hydrogens (tertiary/aromatic N) is 2. The van der Waals surface area contributed by atoms with Gasteiger partial charge in [0.2, 0.25) is 0 Å². The number of hydrogen-bond acceptors (Lipinski definition) is 5. The largest absolute Gasteiger partial charge is 0.444 e. The van der Waals surface area contributed by atoms with E-state index in [-0.39, 0.29) is 18.4 Å². The molecule has 0 saturated heterocycles. The van der Waals surface area contributed by atoms with Gasteiger partial charge >= 0.3 is 6.09 Å². The summed E-state index contributed by atoms with van der Waals surface area (Å²) in [6, 6.07) is 9.52.